The number of carbonyl (C=O) groups excluding carboxylic acids is 1. The van der Waals surface area contributed by atoms with Crippen molar-refractivity contribution in [1.29, 1.82) is 0 Å². The van der Waals surface area contributed by atoms with E-state index in [-0.39, 0.29) is 12.0 Å². The van der Waals surface area contributed by atoms with E-state index in [1.54, 1.807) is 18.5 Å². The van der Waals surface area contributed by atoms with E-state index in [1.807, 2.05) is 47.1 Å². The molecule has 7 nitrogen and oxygen atoms in total. The fourth-order valence-electron chi connectivity index (χ4n) is 4.73. The zero-order valence-electron chi connectivity index (χ0n) is 18.7. The number of ether oxygens (including phenoxy) is 2. The number of hydrogen-bond donors (Lipinski definition) is 1. The summed E-state index contributed by atoms with van der Waals surface area (Å²) in [5.74, 6) is 1.10. The van der Waals surface area contributed by atoms with E-state index < -0.39 is 6.10 Å². The van der Waals surface area contributed by atoms with Gasteiger partial charge in [-0.2, -0.15) is 10.1 Å². The Balaban J connectivity index is 1.57. The second kappa shape index (κ2) is 7.88. The third kappa shape index (κ3) is 3.16. The quantitative estimate of drug-likeness (QED) is 0.446. The summed E-state index contributed by atoms with van der Waals surface area (Å²) in [7, 11) is 1.38. The van der Waals surface area contributed by atoms with Crippen LogP contribution in [0.4, 0.5) is 5.95 Å². The van der Waals surface area contributed by atoms with E-state index in [9.17, 15) is 4.79 Å². The number of aromatic nitrogens is 3. The van der Waals surface area contributed by atoms with Crippen molar-refractivity contribution in [3.63, 3.8) is 0 Å². The lowest BCUT2D eigenvalue weighted by atomic mass is 9.84. The lowest BCUT2D eigenvalue weighted by Gasteiger charge is -2.39. The molecule has 0 amide bonds. The number of nitrogens with one attached hydrogen (secondary N) is 1. The Morgan fingerprint density at radius 1 is 1.03 bits per heavy atom. The topological polar surface area (TPSA) is 78.3 Å². The van der Waals surface area contributed by atoms with Gasteiger partial charge in [0.05, 0.1) is 18.4 Å². The molecule has 0 saturated carbocycles. The van der Waals surface area contributed by atoms with Crippen molar-refractivity contribution in [2.24, 2.45) is 0 Å². The highest BCUT2D eigenvalue weighted by atomic mass is 16.5. The average molecular weight is 450 g/mol. The first-order valence-corrected chi connectivity index (χ1v) is 11.1. The molecule has 3 aromatic carbocycles. The SMILES string of the molecule is COC(=O)c1ccc([C@@H]2Oc3ccc(C)cc3C3=C2[C@@H](c2ccccc2)n2ncnc2N3)cc1. The van der Waals surface area contributed by atoms with Gasteiger partial charge in [0.1, 0.15) is 24.2 Å². The second-order valence-electron chi connectivity index (χ2n) is 8.41. The number of anilines is 1. The summed E-state index contributed by atoms with van der Waals surface area (Å²) < 4.78 is 13.4. The fourth-order valence-corrected chi connectivity index (χ4v) is 4.73. The molecule has 3 heterocycles. The van der Waals surface area contributed by atoms with Gasteiger partial charge in [0, 0.05) is 11.1 Å². The number of methoxy groups -OCH3 is 1. The maximum Gasteiger partial charge on any atom is 0.337 e. The van der Waals surface area contributed by atoms with Crippen LogP contribution in [0, 0.1) is 6.92 Å². The third-order valence-corrected chi connectivity index (χ3v) is 6.32. The lowest BCUT2D eigenvalue weighted by Crippen LogP contribution is -2.32. The Morgan fingerprint density at radius 2 is 1.82 bits per heavy atom. The minimum absolute atomic E-state index is 0.214. The summed E-state index contributed by atoms with van der Waals surface area (Å²) in [6, 6.07) is 23.6. The second-order valence-corrected chi connectivity index (χ2v) is 8.41. The van der Waals surface area contributed by atoms with Crippen LogP contribution in [0.1, 0.15) is 44.8 Å². The molecule has 0 spiro atoms. The monoisotopic (exact) mass is 450 g/mol. The molecule has 0 bridgehead atoms. The molecule has 1 N–H and O–H groups in total. The van der Waals surface area contributed by atoms with E-state index in [0.717, 1.165) is 39.3 Å². The Morgan fingerprint density at radius 3 is 2.59 bits per heavy atom. The molecular weight excluding hydrogens is 428 g/mol. The molecule has 0 aliphatic carbocycles. The smallest absolute Gasteiger partial charge is 0.337 e. The molecule has 0 saturated heterocycles. The molecule has 0 fully saturated rings. The fraction of sp³-hybridized carbons (Fsp3) is 0.148. The number of hydrogen-bond acceptors (Lipinski definition) is 6. The van der Waals surface area contributed by atoms with Gasteiger partial charge in [-0.15, -0.1) is 0 Å². The van der Waals surface area contributed by atoms with Crippen LogP contribution in [0.5, 0.6) is 5.75 Å². The predicted molar refractivity (Wildman–Crippen MR) is 127 cm³/mol. The molecule has 34 heavy (non-hydrogen) atoms. The van der Waals surface area contributed by atoms with Crippen LogP contribution in [0.15, 0.2) is 84.7 Å². The van der Waals surface area contributed by atoms with Gasteiger partial charge >= 0.3 is 5.97 Å². The van der Waals surface area contributed by atoms with Crippen molar-refractivity contribution in [2.45, 2.75) is 19.1 Å². The van der Waals surface area contributed by atoms with Crippen molar-refractivity contribution in [3.8, 4) is 5.75 Å². The molecule has 2 atom stereocenters. The van der Waals surface area contributed by atoms with Gasteiger partial charge in [-0.25, -0.2) is 9.48 Å². The summed E-state index contributed by atoms with van der Waals surface area (Å²) in [5, 5.41) is 8.06. The molecule has 1 aromatic heterocycles. The molecular formula is C27H22N4O3. The number of rotatable bonds is 3. The third-order valence-electron chi connectivity index (χ3n) is 6.32. The highest BCUT2D eigenvalue weighted by molar-refractivity contribution is 5.89. The predicted octanol–water partition coefficient (Wildman–Crippen LogP) is 4.93. The van der Waals surface area contributed by atoms with Gasteiger partial charge in [-0.3, -0.25) is 0 Å². The van der Waals surface area contributed by atoms with Gasteiger partial charge in [0.15, 0.2) is 0 Å². The van der Waals surface area contributed by atoms with Crippen LogP contribution >= 0.6 is 0 Å². The average Bonchev–Trinajstić information content (AvgIpc) is 3.35. The normalized spacial score (nSPS) is 18.2. The van der Waals surface area contributed by atoms with Crippen LogP contribution in [0.2, 0.25) is 0 Å². The summed E-state index contributed by atoms with van der Waals surface area (Å²) in [5.41, 5.74) is 6.64. The van der Waals surface area contributed by atoms with Crippen molar-refractivity contribution in [1.82, 2.24) is 14.8 Å². The maximum absolute atomic E-state index is 12.0. The van der Waals surface area contributed by atoms with E-state index in [2.05, 4.69) is 40.5 Å². The zero-order chi connectivity index (χ0) is 23.2. The summed E-state index contributed by atoms with van der Waals surface area (Å²) in [6.07, 6.45) is 1.17. The van der Waals surface area contributed by atoms with E-state index in [4.69, 9.17) is 9.47 Å². The van der Waals surface area contributed by atoms with Crippen LogP contribution in [-0.2, 0) is 4.74 Å². The van der Waals surface area contributed by atoms with Gasteiger partial charge < -0.3 is 14.8 Å². The summed E-state index contributed by atoms with van der Waals surface area (Å²) in [4.78, 5) is 16.4. The molecule has 4 aromatic rings. The first-order chi connectivity index (χ1) is 16.6. The van der Waals surface area contributed by atoms with Gasteiger partial charge in [-0.1, -0.05) is 54.1 Å². The Kier molecular flexibility index (Phi) is 4.69. The molecule has 0 unspecified atom stereocenters. The van der Waals surface area contributed by atoms with Crippen molar-refractivity contribution in [3.05, 3.63) is 113 Å². The van der Waals surface area contributed by atoms with Gasteiger partial charge in [0.25, 0.3) is 0 Å². The number of esters is 1. The van der Waals surface area contributed by atoms with Gasteiger partial charge in [0.2, 0.25) is 5.95 Å². The van der Waals surface area contributed by atoms with Crippen LogP contribution in [0.3, 0.4) is 0 Å². The first kappa shape index (κ1) is 20.2. The molecule has 168 valence electrons. The highest BCUT2D eigenvalue weighted by Gasteiger charge is 2.40. The first-order valence-electron chi connectivity index (χ1n) is 11.1. The van der Waals surface area contributed by atoms with Crippen LogP contribution < -0.4 is 10.1 Å². The van der Waals surface area contributed by atoms with Crippen molar-refractivity contribution < 1.29 is 14.3 Å². The number of nitrogens with zero attached hydrogens (tertiary/aromatic N) is 3. The van der Waals surface area contributed by atoms with E-state index >= 15 is 0 Å². The Hall–Kier alpha value is -4.39. The van der Waals surface area contributed by atoms with E-state index in [1.165, 1.54) is 7.11 Å². The molecule has 0 radical (unpaired) electrons. The highest BCUT2D eigenvalue weighted by Crippen LogP contribution is 2.50. The molecule has 6 rings (SSSR count). The van der Waals surface area contributed by atoms with E-state index in [0.29, 0.717) is 11.5 Å². The number of benzene rings is 3. The van der Waals surface area contributed by atoms with Crippen LogP contribution in [-0.4, -0.2) is 27.8 Å². The van der Waals surface area contributed by atoms with Gasteiger partial charge in [-0.05, 0) is 42.3 Å². The number of aryl methyl sites for hydroxylation is 1. The van der Waals surface area contributed by atoms with Crippen molar-refractivity contribution in [2.75, 3.05) is 12.4 Å². The standard InChI is InChI=1S/C27H22N4O3/c1-16-8-13-21-20(14-16)23-22(25(34-21)18-9-11-19(12-10-18)26(32)33-2)24(17-6-4-3-5-7-17)31-27(30-23)28-15-29-31/h3-15,24-25H,1-2H3,(H,28,29,30)/t24-,25+/m1/s1. The Bertz CT molecular complexity index is 1420. The molecule has 2 aliphatic heterocycles. The Labute approximate surface area is 196 Å². The lowest BCUT2D eigenvalue weighted by molar-refractivity contribution is 0.0600. The molecule has 2 aliphatic rings. The minimum Gasteiger partial charge on any atom is -0.480 e. The summed E-state index contributed by atoms with van der Waals surface area (Å²) >= 11 is 0. The minimum atomic E-state index is -0.396. The maximum atomic E-state index is 12.0. The van der Waals surface area contributed by atoms with Crippen molar-refractivity contribution >= 4 is 17.6 Å². The van der Waals surface area contributed by atoms with Crippen LogP contribution in [0.25, 0.3) is 5.70 Å². The zero-order valence-corrected chi connectivity index (χ0v) is 18.7. The largest absolute Gasteiger partial charge is 0.480 e. The summed E-state index contributed by atoms with van der Waals surface area (Å²) in [6.45, 7) is 2.07. The number of fused-ring (bicyclic) bond motifs is 3. The molecule has 7 heteroatoms. The number of carbonyl (C=O) groups is 1.